The summed E-state index contributed by atoms with van der Waals surface area (Å²) in [6.45, 7) is 2.20. The molecule has 2 saturated heterocycles. The van der Waals surface area contributed by atoms with Crippen LogP contribution in [0.3, 0.4) is 0 Å². The molecule has 1 aromatic rings. The number of guanidine groups is 1. The summed E-state index contributed by atoms with van der Waals surface area (Å²) in [7, 11) is 0. The van der Waals surface area contributed by atoms with Crippen molar-refractivity contribution < 1.29 is 9.59 Å². The van der Waals surface area contributed by atoms with Crippen LogP contribution in [0.1, 0.15) is 32.1 Å². The quantitative estimate of drug-likeness (QED) is 0.346. The fourth-order valence-corrected chi connectivity index (χ4v) is 3.47. The molecule has 1 unspecified atom stereocenters. The molecule has 1 atom stereocenters. The molecule has 148 valence electrons. The fourth-order valence-electron chi connectivity index (χ4n) is 3.47. The van der Waals surface area contributed by atoms with Gasteiger partial charge in [-0.15, -0.1) is 0 Å². The van der Waals surface area contributed by atoms with Gasteiger partial charge in [-0.1, -0.05) is 0 Å². The topological polar surface area (TPSA) is 114 Å². The molecule has 9 nitrogen and oxygen atoms in total. The summed E-state index contributed by atoms with van der Waals surface area (Å²) in [5.74, 6) is 0.0411. The second-order valence-corrected chi connectivity index (χ2v) is 6.93. The van der Waals surface area contributed by atoms with Crippen molar-refractivity contribution in [2.24, 2.45) is 4.99 Å². The van der Waals surface area contributed by atoms with E-state index < -0.39 is 6.04 Å². The van der Waals surface area contributed by atoms with Gasteiger partial charge < -0.3 is 15.1 Å². The number of rotatable bonds is 4. The van der Waals surface area contributed by atoms with E-state index in [9.17, 15) is 9.59 Å². The number of amides is 2. The fraction of sp³-hybridized carbons (Fsp3) is 0.526. The molecule has 0 radical (unpaired) electrons. The zero-order valence-electron chi connectivity index (χ0n) is 15.8. The van der Waals surface area contributed by atoms with Crippen LogP contribution < -0.4 is 10.6 Å². The van der Waals surface area contributed by atoms with Crippen molar-refractivity contribution in [1.82, 2.24) is 20.1 Å². The van der Waals surface area contributed by atoms with Gasteiger partial charge in [-0.3, -0.25) is 19.9 Å². The molecule has 0 saturated carbocycles. The lowest BCUT2D eigenvalue weighted by molar-refractivity contribution is -0.140. The van der Waals surface area contributed by atoms with Gasteiger partial charge in [0.2, 0.25) is 17.8 Å². The number of hydrogen-bond donors (Lipinski definition) is 2. The van der Waals surface area contributed by atoms with Gasteiger partial charge in [0.15, 0.2) is 6.19 Å². The van der Waals surface area contributed by atoms with E-state index >= 15 is 0 Å². The Kier molecular flexibility index (Phi) is 6.78. The minimum absolute atomic E-state index is 0.000707. The lowest BCUT2D eigenvalue weighted by Crippen LogP contribution is -2.45. The Balaban J connectivity index is 1.70. The summed E-state index contributed by atoms with van der Waals surface area (Å²) in [5, 5.41) is 14.5. The normalized spacial score (nSPS) is 20.5. The van der Waals surface area contributed by atoms with Gasteiger partial charge in [0, 0.05) is 37.7 Å². The third-order valence-corrected chi connectivity index (χ3v) is 4.94. The van der Waals surface area contributed by atoms with E-state index in [0.717, 1.165) is 38.8 Å². The number of carbonyl (C=O) groups excluding carboxylic acids is 2. The van der Waals surface area contributed by atoms with Crippen LogP contribution in [0.4, 0.5) is 5.69 Å². The van der Waals surface area contributed by atoms with Crippen LogP contribution in [0.2, 0.25) is 0 Å². The summed E-state index contributed by atoms with van der Waals surface area (Å²) in [5.41, 5.74) is 0.707. The van der Waals surface area contributed by atoms with Gasteiger partial charge in [0.05, 0.1) is 6.54 Å². The van der Waals surface area contributed by atoms with Crippen LogP contribution in [0, 0.1) is 11.5 Å². The molecule has 1 aromatic heterocycles. The summed E-state index contributed by atoms with van der Waals surface area (Å²) in [4.78, 5) is 37.3. The van der Waals surface area contributed by atoms with Gasteiger partial charge in [-0.05, 0) is 44.2 Å². The molecule has 3 heterocycles. The predicted molar refractivity (Wildman–Crippen MR) is 104 cm³/mol. The molecule has 2 aliphatic rings. The largest absolute Gasteiger partial charge is 0.341 e. The highest BCUT2D eigenvalue weighted by atomic mass is 16.2. The summed E-state index contributed by atoms with van der Waals surface area (Å²) in [6, 6.07) is 2.86. The van der Waals surface area contributed by atoms with Crippen LogP contribution in [-0.2, 0) is 9.59 Å². The van der Waals surface area contributed by atoms with Gasteiger partial charge in [0.1, 0.15) is 6.04 Å². The Labute approximate surface area is 164 Å². The van der Waals surface area contributed by atoms with Gasteiger partial charge in [-0.25, -0.2) is 4.99 Å². The first-order valence-corrected chi connectivity index (χ1v) is 9.64. The minimum atomic E-state index is -0.626. The maximum Gasteiger partial charge on any atom is 0.247 e. The Morgan fingerprint density at radius 2 is 1.93 bits per heavy atom. The molecule has 28 heavy (non-hydrogen) atoms. The van der Waals surface area contributed by atoms with E-state index in [2.05, 4.69) is 20.6 Å². The number of pyridine rings is 1. The van der Waals surface area contributed by atoms with Crippen LogP contribution in [0.15, 0.2) is 29.5 Å². The van der Waals surface area contributed by atoms with Crippen molar-refractivity contribution in [2.75, 3.05) is 31.5 Å². The lowest BCUT2D eigenvalue weighted by Gasteiger charge is -2.25. The van der Waals surface area contributed by atoms with Gasteiger partial charge >= 0.3 is 0 Å². The molecule has 2 N–H and O–H groups in total. The molecule has 0 aliphatic carbocycles. The maximum atomic E-state index is 13.0. The van der Waals surface area contributed by atoms with Gasteiger partial charge in [0.25, 0.3) is 0 Å². The van der Waals surface area contributed by atoms with Crippen molar-refractivity contribution in [3.63, 3.8) is 0 Å². The number of anilines is 1. The number of aliphatic imine (C=N–C) groups is 1. The number of nitriles is 1. The third-order valence-electron chi connectivity index (χ3n) is 4.94. The predicted octanol–water partition coefficient (Wildman–Crippen LogP) is 0.924. The number of aromatic nitrogens is 1. The van der Waals surface area contributed by atoms with E-state index in [0.29, 0.717) is 18.7 Å². The molecular weight excluding hydrogens is 358 g/mol. The van der Waals surface area contributed by atoms with E-state index in [1.54, 1.807) is 29.4 Å². The Morgan fingerprint density at radius 3 is 2.64 bits per heavy atom. The maximum absolute atomic E-state index is 13.0. The zero-order valence-corrected chi connectivity index (χ0v) is 15.8. The first kappa shape index (κ1) is 19.6. The monoisotopic (exact) mass is 383 g/mol. The number of nitrogens with one attached hydrogen (secondary N) is 2. The van der Waals surface area contributed by atoms with Crippen LogP contribution in [0.25, 0.3) is 0 Å². The summed E-state index contributed by atoms with van der Waals surface area (Å²) < 4.78 is 0. The Morgan fingerprint density at radius 1 is 1.21 bits per heavy atom. The van der Waals surface area contributed by atoms with E-state index in [4.69, 9.17) is 5.26 Å². The smallest absolute Gasteiger partial charge is 0.247 e. The number of hydrogen-bond acceptors (Lipinski definition) is 5. The number of likely N-dealkylation sites (tertiary alicyclic amines) is 2. The van der Waals surface area contributed by atoms with Gasteiger partial charge in [-0.2, -0.15) is 5.26 Å². The SMILES string of the molecule is N#CNC(=NC1CCCCN(CC(=O)N2CCCC2)C1=O)Nc1ccncc1. The highest BCUT2D eigenvalue weighted by molar-refractivity contribution is 5.97. The highest BCUT2D eigenvalue weighted by Crippen LogP contribution is 2.17. The van der Waals surface area contributed by atoms with Crippen molar-refractivity contribution >= 4 is 23.5 Å². The Bertz CT molecular complexity index is 753. The first-order chi connectivity index (χ1) is 13.7. The van der Waals surface area contributed by atoms with E-state index in [-0.39, 0.29) is 24.3 Å². The summed E-state index contributed by atoms with van der Waals surface area (Å²) >= 11 is 0. The minimum Gasteiger partial charge on any atom is -0.341 e. The highest BCUT2D eigenvalue weighted by Gasteiger charge is 2.30. The lowest BCUT2D eigenvalue weighted by atomic mass is 10.1. The number of carbonyl (C=O) groups is 2. The van der Waals surface area contributed by atoms with Crippen molar-refractivity contribution in [1.29, 1.82) is 5.26 Å². The molecule has 2 aliphatic heterocycles. The van der Waals surface area contributed by atoms with E-state index in [1.807, 2.05) is 11.1 Å². The molecule has 3 rings (SSSR count). The van der Waals surface area contributed by atoms with Crippen LogP contribution in [0.5, 0.6) is 0 Å². The molecule has 0 aromatic carbocycles. The van der Waals surface area contributed by atoms with Crippen LogP contribution >= 0.6 is 0 Å². The first-order valence-electron chi connectivity index (χ1n) is 9.64. The second kappa shape index (κ2) is 9.69. The molecular formula is C19H25N7O2. The zero-order chi connectivity index (χ0) is 19.8. The molecule has 0 spiro atoms. The molecule has 2 amide bonds. The van der Waals surface area contributed by atoms with Crippen molar-refractivity contribution in [3.05, 3.63) is 24.5 Å². The third kappa shape index (κ3) is 5.19. The average Bonchev–Trinajstić information content (AvgIpc) is 3.19. The average molecular weight is 383 g/mol. The number of nitrogens with zero attached hydrogens (tertiary/aromatic N) is 5. The molecule has 0 bridgehead atoms. The standard InChI is InChI=1S/C19H25N7O2/c20-14-22-19(23-15-6-8-21-9-7-15)24-16-5-1-2-12-26(18(16)28)13-17(27)25-10-3-4-11-25/h6-9,16H,1-5,10-13H2,(H2,21,22,23,24). The van der Waals surface area contributed by atoms with Crippen molar-refractivity contribution in [2.45, 2.75) is 38.1 Å². The second-order valence-electron chi connectivity index (χ2n) is 6.93. The van der Waals surface area contributed by atoms with E-state index in [1.165, 1.54) is 0 Å². The Hall–Kier alpha value is -3.15. The van der Waals surface area contributed by atoms with Crippen LogP contribution in [-0.4, -0.2) is 64.8 Å². The summed E-state index contributed by atoms with van der Waals surface area (Å²) in [6.07, 6.45) is 9.39. The molecule has 9 heteroatoms. The molecule has 2 fully saturated rings. The van der Waals surface area contributed by atoms with Crippen molar-refractivity contribution in [3.8, 4) is 6.19 Å².